The molecule has 0 radical (unpaired) electrons. The SMILES string of the molecule is O=C(N[C@@H]1CCC[C@H](C(=O)N2CCC(C(=O)O)CC2)C1)OCC1c2ccccc2-c2ccccc21. The fraction of sp³-hybridized carbons (Fsp3) is 0.464. The molecule has 1 heterocycles. The molecular formula is C28H32N2O5. The highest BCUT2D eigenvalue weighted by Crippen LogP contribution is 2.44. The number of carbonyl (C=O) groups is 3. The largest absolute Gasteiger partial charge is 0.481 e. The van der Waals surface area contributed by atoms with Crippen LogP contribution >= 0.6 is 0 Å². The second-order valence-corrected chi connectivity index (χ2v) is 9.97. The number of hydrogen-bond acceptors (Lipinski definition) is 4. The first-order valence-corrected chi connectivity index (χ1v) is 12.6. The fourth-order valence-corrected chi connectivity index (χ4v) is 5.96. The van der Waals surface area contributed by atoms with E-state index < -0.39 is 12.1 Å². The minimum Gasteiger partial charge on any atom is -0.481 e. The molecule has 0 unspecified atom stereocenters. The van der Waals surface area contributed by atoms with Gasteiger partial charge >= 0.3 is 12.1 Å². The first kappa shape index (κ1) is 23.4. The van der Waals surface area contributed by atoms with Gasteiger partial charge in [0.05, 0.1) is 5.92 Å². The molecule has 2 atom stereocenters. The lowest BCUT2D eigenvalue weighted by Gasteiger charge is -2.35. The normalized spacial score (nSPS) is 22.2. The molecule has 5 rings (SSSR count). The molecule has 7 heteroatoms. The number of fused-ring (bicyclic) bond motifs is 3. The van der Waals surface area contributed by atoms with E-state index in [4.69, 9.17) is 4.74 Å². The Morgan fingerprint density at radius 1 is 0.886 bits per heavy atom. The van der Waals surface area contributed by atoms with Crippen LogP contribution in [0.2, 0.25) is 0 Å². The van der Waals surface area contributed by atoms with Crippen molar-refractivity contribution in [2.75, 3.05) is 19.7 Å². The number of carboxylic acids is 1. The Labute approximate surface area is 205 Å². The highest BCUT2D eigenvalue weighted by atomic mass is 16.5. The van der Waals surface area contributed by atoms with Crippen molar-refractivity contribution in [3.8, 4) is 11.1 Å². The molecule has 2 amide bonds. The van der Waals surface area contributed by atoms with E-state index in [1.165, 1.54) is 22.3 Å². The Hall–Kier alpha value is -3.35. The molecule has 1 saturated carbocycles. The van der Waals surface area contributed by atoms with Crippen LogP contribution in [0.1, 0.15) is 55.6 Å². The van der Waals surface area contributed by atoms with Crippen molar-refractivity contribution in [3.63, 3.8) is 0 Å². The average molecular weight is 477 g/mol. The highest BCUT2D eigenvalue weighted by Gasteiger charge is 2.34. The van der Waals surface area contributed by atoms with Crippen molar-refractivity contribution in [2.45, 2.75) is 50.5 Å². The van der Waals surface area contributed by atoms with E-state index >= 15 is 0 Å². The van der Waals surface area contributed by atoms with Crippen LogP contribution in [-0.4, -0.2) is 53.7 Å². The molecule has 2 aromatic rings. The highest BCUT2D eigenvalue weighted by molar-refractivity contribution is 5.80. The maximum Gasteiger partial charge on any atom is 0.407 e. The summed E-state index contributed by atoms with van der Waals surface area (Å²) in [6.45, 7) is 1.26. The van der Waals surface area contributed by atoms with Crippen molar-refractivity contribution in [2.24, 2.45) is 11.8 Å². The smallest absolute Gasteiger partial charge is 0.407 e. The monoisotopic (exact) mass is 476 g/mol. The molecule has 1 aliphatic heterocycles. The predicted octanol–water partition coefficient (Wildman–Crippen LogP) is 4.41. The van der Waals surface area contributed by atoms with Crippen LogP contribution in [0.5, 0.6) is 0 Å². The topological polar surface area (TPSA) is 95.9 Å². The molecule has 2 N–H and O–H groups in total. The van der Waals surface area contributed by atoms with Crippen molar-refractivity contribution < 1.29 is 24.2 Å². The zero-order chi connectivity index (χ0) is 24.4. The maximum atomic E-state index is 13.0. The lowest BCUT2D eigenvalue weighted by atomic mass is 9.84. The molecule has 184 valence electrons. The molecule has 0 aromatic heterocycles. The van der Waals surface area contributed by atoms with Gasteiger partial charge in [0.2, 0.25) is 5.91 Å². The van der Waals surface area contributed by atoms with Crippen molar-refractivity contribution >= 4 is 18.0 Å². The van der Waals surface area contributed by atoms with E-state index in [9.17, 15) is 19.5 Å². The summed E-state index contributed by atoms with van der Waals surface area (Å²) < 4.78 is 5.69. The van der Waals surface area contributed by atoms with E-state index in [-0.39, 0.29) is 36.3 Å². The molecule has 0 spiro atoms. The molecule has 2 fully saturated rings. The average Bonchev–Trinajstić information content (AvgIpc) is 3.21. The number of carboxylic acid groups (broad SMARTS) is 1. The number of nitrogens with one attached hydrogen (secondary N) is 1. The number of hydrogen-bond donors (Lipinski definition) is 2. The van der Waals surface area contributed by atoms with Crippen LogP contribution in [0.15, 0.2) is 48.5 Å². The second kappa shape index (κ2) is 10.1. The molecule has 7 nitrogen and oxygen atoms in total. The lowest BCUT2D eigenvalue weighted by Crippen LogP contribution is -2.46. The zero-order valence-electron chi connectivity index (χ0n) is 19.8. The van der Waals surface area contributed by atoms with Gasteiger partial charge in [0.15, 0.2) is 0 Å². The number of benzene rings is 2. The summed E-state index contributed by atoms with van der Waals surface area (Å²) in [5.74, 6) is -1.16. The van der Waals surface area contributed by atoms with E-state index in [1.807, 2.05) is 24.3 Å². The number of ether oxygens (including phenoxy) is 1. The number of carbonyl (C=O) groups excluding carboxylic acids is 2. The first-order valence-electron chi connectivity index (χ1n) is 12.6. The van der Waals surface area contributed by atoms with Gasteiger partial charge < -0.3 is 20.1 Å². The van der Waals surface area contributed by atoms with Gasteiger partial charge in [0, 0.05) is 31.0 Å². The van der Waals surface area contributed by atoms with Crippen LogP contribution < -0.4 is 5.32 Å². The summed E-state index contributed by atoms with van der Waals surface area (Å²) in [6, 6.07) is 16.4. The third-order valence-electron chi connectivity index (χ3n) is 7.84. The third-order valence-corrected chi connectivity index (χ3v) is 7.84. The Morgan fingerprint density at radius 2 is 1.51 bits per heavy atom. The molecule has 1 saturated heterocycles. The predicted molar refractivity (Wildman–Crippen MR) is 131 cm³/mol. The van der Waals surface area contributed by atoms with E-state index in [0.717, 1.165) is 19.3 Å². The lowest BCUT2D eigenvalue weighted by molar-refractivity contribution is -0.147. The van der Waals surface area contributed by atoms with E-state index in [1.54, 1.807) is 4.90 Å². The molecule has 0 bridgehead atoms. The summed E-state index contributed by atoms with van der Waals surface area (Å²) in [4.78, 5) is 38.7. The Kier molecular flexibility index (Phi) is 6.75. The summed E-state index contributed by atoms with van der Waals surface area (Å²) in [5.41, 5.74) is 4.74. The van der Waals surface area contributed by atoms with Gasteiger partial charge in [-0.15, -0.1) is 0 Å². The van der Waals surface area contributed by atoms with Crippen LogP contribution in [0, 0.1) is 11.8 Å². The maximum absolute atomic E-state index is 13.0. The van der Waals surface area contributed by atoms with Gasteiger partial charge in [-0.1, -0.05) is 55.0 Å². The van der Waals surface area contributed by atoms with Crippen LogP contribution in [0.4, 0.5) is 4.79 Å². The van der Waals surface area contributed by atoms with Crippen molar-refractivity contribution in [3.05, 3.63) is 59.7 Å². The van der Waals surface area contributed by atoms with Gasteiger partial charge in [-0.2, -0.15) is 0 Å². The zero-order valence-corrected chi connectivity index (χ0v) is 19.8. The summed E-state index contributed by atoms with van der Waals surface area (Å²) in [6.07, 6.45) is 3.69. The van der Waals surface area contributed by atoms with Gasteiger partial charge in [-0.25, -0.2) is 4.79 Å². The summed E-state index contributed by atoms with van der Waals surface area (Å²) in [7, 11) is 0. The van der Waals surface area contributed by atoms with Crippen molar-refractivity contribution in [1.82, 2.24) is 10.2 Å². The van der Waals surface area contributed by atoms with Gasteiger partial charge in [0.25, 0.3) is 0 Å². The van der Waals surface area contributed by atoms with E-state index in [2.05, 4.69) is 29.6 Å². The minimum absolute atomic E-state index is 0.0163. The first-order chi connectivity index (χ1) is 17.0. The molecule has 2 aromatic carbocycles. The van der Waals surface area contributed by atoms with Crippen LogP contribution in [0.25, 0.3) is 11.1 Å². The van der Waals surface area contributed by atoms with E-state index in [0.29, 0.717) is 32.4 Å². The Morgan fingerprint density at radius 3 is 2.14 bits per heavy atom. The Bertz CT molecular complexity index is 1060. The number of nitrogens with zero attached hydrogens (tertiary/aromatic N) is 1. The number of rotatable bonds is 5. The quantitative estimate of drug-likeness (QED) is 0.667. The standard InChI is InChI=1S/C28H32N2O5/c31-26(30-14-12-18(13-15-30)27(32)33)19-6-5-7-20(16-19)29-28(34)35-17-25-23-10-3-1-8-21(23)22-9-2-4-11-24(22)25/h1-4,8-11,18-20,25H,5-7,12-17H2,(H,29,34)(H,32,33)/t19-,20+/m0/s1. The molecule has 3 aliphatic rings. The third kappa shape index (κ3) is 4.90. The second-order valence-electron chi connectivity index (χ2n) is 9.97. The summed E-state index contributed by atoms with van der Waals surface area (Å²) in [5, 5.41) is 12.2. The number of aliphatic carboxylic acids is 1. The molecule has 35 heavy (non-hydrogen) atoms. The minimum atomic E-state index is -0.776. The number of amides is 2. The van der Waals surface area contributed by atoms with Crippen molar-refractivity contribution in [1.29, 1.82) is 0 Å². The van der Waals surface area contributed by atoms with Gasteiger partial charge in [-0.05, 0) is 54.4 Å². The summed E-state index contributed by atoms with van der Waals surface area (Å²) >= 11 is 0. The van der Waals surface area contributed by atoms with Crippen LogP contribution in [0.3, 0.4) is 0 Å². The number of alkyl carbamates (subject to hydrolysis) is 1. The van der Waals surface area contributed by atoms with Gasteiger partial charge in [-0.3, -0.25) is 9.59 Å². The van der Waals surface area contributed by atoms with Crippen LogP contribution in [-0.2, 0) is 14.3 Å². The molecule has 2 aliphatic carbocycles. The Balaban J connectivity index is 1.14. The number of likely N-dealkylation sites (tertiary alicyclic amines) is 1. The molecular weight excluding hydrogens is 444 g/mol. The fourth-order valence-electron chi connectivity index (χ4n) is 5.96. The number of piperidine rings is 1. The van der Waals surface area contributed by atoms with Gasteiger partial charge in [0.1, 0.15) is 6.61 Å².